The van der Waals surface area contributed by atoms with Gasteiger partial charge in [-0.1, -0.05) is 19.8 Å². The van der Waals surface area contributed by atoms with Crippen LogP contribution in [-0.4, -0.2) is 12.6 Å². The smallest absolute Gasteiger partial charge is 0.466 e. The van der Waals surface area contributed by atoms with Crippen molar-refractivity contribution in [3.63, 3.8) is 0 Å². The van der Waals surface area contributed by atoms with Crippen LogP contribution in [0.1, 0.15) is 39.5 Å². The molecule has 0 aliphatic rings. The Morgan fingerprint density at radius 1 is 1.27 bits per heavy atom. The van der Waals surface area contributed by atoms with E-state index in [0.717, 1.165) is 19.3 Å². The van der Waals surface area contributed by atoms with Crippen molar-refractivity contribution in [2.45, 2.75) is 39.5 Å². The van der Waals surface area contributed by atoms with Crippen LogP contribution in [0.15, 0.2) is 0 Å². The molecule has 0 amide bonds. The third-order valence-corrected chi connectivity index (χ3v) is 1.29. The summed E-state index contributed by atoms with van der Waals surface area (Å²) >= 11 is 0. The van der Waals surface area contributed by atoms with Gasteiger partial charge in [0, 0.05) is 6.42 Å². The van der Waals surface area contributed by atoms with Crippen LogP contribution in [0.4, 0.5) is 0 Å². The number of carbonyl (C=O) groups is 1. The van der Waals surface area contributed by atoms with Crippen molar-refractivity contribution in [2.24, 2.45) is 0 Å². The molecule has 60 valence electrons. The molecule has 0 unspecified atom stereocenters. The van der Waals surface area contributed by atoms with E-state index in [1.54, 1.807) is 0 Å². The first-order chi connectivity index (χ1) is 4.81. The van der Waals surface area contributed by atoms with E-state index in [9.17, 15) is 4.79 Å². The summed E-state index contributed by atoms with van der Waals surface area (Å²) in [6, 6.07) is 0. The molecular weight excluding hydrogens is 269 g/mol. The Labute approximate surface area is 102 Å². The molecule has 0 aromatic heterocycles. The van der Waals surface area contributed by atoms with E-state index >= 15 is 0 Å². The van der Waals surface area contributed by atoms with Crippen LogP contribution in [0.5, 0.6) is 0 Å². The summed E-state index contributed by atoms with van der Waals surface area (Å²) in [5.41, 5.74) is 0. The van der Waals surface area contributed by atoms with E-state index in [-0.39, 0.29) is 47.3 Å². The van der Waals surface area contributed by atoms with E-state index in [1.165, 1.54) is 0 Å². The topological polar surface area (TPSA) is 26.3 Å². The van der Waals surface area contributed by atoms with Gasteiger partial charge < -0.3 is 4.74 Å². The van der Waals surface area contributed by atoms with Gasteiger partial charge in [-0.2, -0.15) is 0 Å². The van der Waals surface area contributed by atoms with Crippen LogP contribution < -0.4 is 0 Å². The minimum absolute atomic E-state index is 0. The molecule has 0 N–H and O–H groups in total. The largest absolute Gasteiger partial charge is 3.00 e. The van der Waals surface area contributed by atoms with Crippen molar-refractivity contribution in [3.05, 3.63) is 0 Å². The number of ether oxygens (including phenoxy) is 1. The van der Waals surface area contributed by atoms with Gasteiger partial charge in [-0.15, -0.1) is 0 Å². The molecule has 0 rings (SSSR count). The third-order valence-electron chi connectivity index (χ3n) is 1.29. The van der Waals surface area contributed by atoms with Crippen LogP contribution in [0.25, 0.3) is 0 Å². The summed E-state index contributed by atoms with van der Waals surface area (Å²) in [6.07, 6.45) is 3.83. The Bertz CT molecular complexity index is 94.1. The molecule has 0 aromatic carbocycles. The molecule has 0 radical (unpaired) electrons. The van der Waals surface area contributed by atoms with Gasteiger partial charge in [-0.25, -0.2) is 0 Å². The first-order valence-electron chi connectivity index (χ1n) is 3.96. The van der Waals surface area contributed by atoms with Crippen LogP contribution >= 0.6 is 0 Å². The Hall–Kier alpha value is 0.834. The Balaban J connectivity index is 0. The molecule has 0 aromatic rings. The molecule has 0 saturated carbocycles. The minimum atomic E-state index is -0.0593. The zero-order chi connectivity index (χ0) is 7.82. The number of rotatable bonds is 5. The molecule has 2 nitrogen and oxygen atoms in total. The molecule has 11 heavy (non-hydrogen) atoms. The summed E-state index contributed by atoms with van der Waals surface area (Å²) in [5, 5.41) is 0. The maximum Gasteiger partial charge on any atom is 3.00 e. The van der Waals surface area contributed by atoms with E-state index in [1.807, 2.05) is 6.92 Å². The molecule has 0 aliphatic carbocycles. The van der Waals surface area contributed by atoms with Crippen molar-refractivity contribution >= 4 is 5.97 Å². The van der Waals surface area contributed by atoms with Crippen LogP contribution in [0.2, 0.25) is 0 Å². The fourth-order valence-electron chi connectivity index (χ4n) is 0.752. The fraction of sp³-hybridized carbons (Fsp3) is 0.875. The zero-order valence-electron chi connectivity index (χ0n) is 7.43. The van der Waals surface area contributed by atoms with E-state index < -0.39 is 0 Å². The molecule has 0 spiro atoms. The molecular formula is C8H16O2Pr+3. The zero-order valence-corrected chi connectivity index (χ0v) is 11.1. The molecule has 0 atom stereocenters. The quantitative estimate of drug-likeness (QED) is 0.571. The Kier molecular flexibility index (Phi) is 14.1. The second-order valence-electron chi connectivity index (χ2n) is 2.26. The summed E-state index contributed by atoms with van der Waals surface area (Å²) in [4.78, 5) is 10.7. The van der Waals surface area contributed by atoms with E-state index in [0.29, 0.717) is 13.0 Å². The van der Waals surface area contributed by atoms with Gasteiger partial charge in [-0.05, 0) is 13.3 Å². The standard InChI is InChI=1S/C8H16O2.Pr/c1-3-5-6-7-8(9)10-4-2;/h3-7H2,1-2H3;/q;+3. The van der Waals surface area contributed by atoms with Crippen LogP contribution in [-0.2, 0) is 9.53 Å². The summed E-state index contributed by atoms with van der Waals surface area (Å²) < 4.78 is 4.75. The first-order valence-corrected chi connectivity index (χ1v) is 3.96. The average Bonchev–Trinajstić information content (AvgIpc) is 1.89. The molecule has 0 aliphatic heterocycles. The van der Waals surface area contributed by atoms with Crippen LogP contribution in [0, 0.1) is 41.3 Å². The minimum Gasteiger partial charge on any atom is -0.466 e. The van der Waals surface area contributed by atoms with Crippen molar-refractivity contribution in [2.75, 3.05) is 6.61 Å². The molecule has 0 saturated heterocycles. The summed E-state index contributed by atoms with van der Waals surface area (Å²) in [6.45, 7) is 4.45. The molecule has 0 fully saturated rings. The van der Waals surface area contributed by atoms with E-state index in [4.69, 9.17) is 4.74 Å². The monoisotopic (exact) mass is 285 g/mol. The SMILES string of the molecule is CCCCCC(=O)OCC.[Pr+3]. The van der Waals surface area contributed by atoms with E-state index in [2.05, 4.69) is 6.92 Å². The van der Waals surface area contributed by atoms with Gasteiger partial charge in [0.2, 0.25) is 0 Å². The normalized spacial score (nSPS) is 8.55. The Morgan fingerprint density at radius 2 is 1.91 bits per heavy atom. The first kappa shape index (κ1) is 14.4. The van der Waals surface area contributed by atoms with Gasteiger partial charge in [0.25, 0.3) is 0 Å². The van der Waals surface area contributed by atoms with Crippen LogP contribution in [0.3, 0.4) is 0 Å². The number of esters is 1. The number of hydrogen-bond acceptors (Lipinski definition) is 2. The fourth-order valence-corrected chi connectivity index (χ4v) is 0.752. The van der Waals surface area contributed by atoms with Gasteiger partial charge in [-0.3, -0.25) is 4.79 Å². The number of carbonyl (C=O) groups excluding carboxylic acids is 1. The van der Waals surface area contributed by atoms with Crippen molar-refractivity contribution in [1.82, 2.24) is 0 Å². The molecule has 0 heterocycles. The van der Waals surface area contributed by atoms with Crippen molar-refractivity contribution < 1.29 is 50.8 Å². The second kappa shape index (κ2) is 10.8. The number of unbranched alkanes of at least 4 members (excludes halogenated alkanes) is 2. The summed E-state index contributed by atoms with van der Waals surface area (Å²) in [7, 11) is 0. The van der Waals surface area contributed by atoms with Crippen molar-refractivity contribution in [1.29, 1.82) is 0 Å². The van der Waals surface area contributed by atoms with Gasteiger partial charge in [0.05, 0.1) is 6.61 Å². The van der Waals surface area contributed by atoms with Gasteiger partial charge in [0.15, 0.2) is 0 Å². The Morgan fingerprint density at radius 3 is 2.36 bits per heavy atom. The van der Waals surface area contributed by atoms with Crippen molar-refractivity contribution in [3.8, 4) is 0 Å². The predicted octanol–water partition coefficient (Wildman–Crippen LogP) is 2.13. The maximum absolute atomic E-state index is 10.7. The van der Waals surface area contributed by atoms with Gasteiger partial charge in [0.1, 0.15) is 0 Å². The third kappa shape index (κ3) is 10.8. The molecule has 0 bridgehead atoms. The average molecular weight is 285 g/mol. The molecule has 3 heteroatoms. The summed E-state index contributed by atoms with van der Waals surface area (Å²) in [5.74, 6) is -0.0593. The maximum atomic E-state index is 10.7. The number of hydrogen-bond donors (Lipinski definition) is 0. The predicted molar refractivity (Wildman–Crippen MR) is 40.8 cm³/mol. The second-order valence-corrected chi connectivity index (χ2v) is 2.26. The van der Waals surface area contributed by atoms with Gasteiger partial charge >= 0.3 is 47.3 Å².